The number of fused-ring (bicyclic) bond motifs is 1. The highest BCUT2D eigenvalue weighted by Gasteiger charge is 2.13. The number of nitrogens with zero attached hydrogens (tertiary/aromatic N) is 2. The van der Waals surface area contributed by atoms with Gasteiger partial charge >= 0.3 is 6.03 Å². The number of carbonyl (C=O) groups excluding carboxylic acids is 1. The van der Waals surface area contributed by atoms with Crippen molar-refractivity contribution in [1.82, 2.24) is 15.0 Å². The molecule has 0 aliphatic heterocycles. The predicted octanol–water partition coefficient (Wildman–Crippen LogP) is 2.46. The van der Waals surface area contributed by atoms with Gasteiger partial charge in [-0.25, -0.2) is 19.9 Å². The molecule has 2 aromatic carbocycles. The Hall–Kier alpha value is -2.86. The van der Waals surface area contributed by atoms with Gasteiger partial charge in [-0.05, 0) is 24.1 Å². The average molecular weight is 324 g/mol. The molecule has 0 fully saturated rings. The molecule has 0 spiro atoms. The minimum atomic E-state index is -0.308. The van der Waals surface area contributed by atoms with Gasteiger partial charge in [-0.2, -0.15) is 0 Å². The molecule has 0 bridgehead atoms. The number of benzene rings is 2. The van der Waals surface area contributed by atoms with Crippen molar-refractivity contribution >= 4 is 17.1 Å². The molecule has 6 nitrogen and oxygen atoms in total. The molecule has 0 radical (unpaired) electrons. The molecule has 2 amide bonds. The van der Waals surface area contributed by atoms with Gasteiger partial charge < -0.3 is 10.4 Å². The van der Waals surface area contributed by atoms with Crippen molar-refractivity contribution in [3.63, 3.8) is 0 Å². The van der Waals surface area contributed by atoms with Crippen molar-refractivity contribution in [3.8, 4) is 0 Å². The molecular weight excluding hydrogens is 304 g/mol. The second kappa shape index (κ2) is 7.61. The van der Waals surface area contributed by atoms with Gasteiger partial charge in [-0.3, -0.25) is 0 Å². The highest BCUT2D eigenvalue weighted by atomic mass is 16.3. The molecular formula is C18H20N4O2. The van der Waals surface area contributed by atoms with E-state index < -0.39 is 0 Å². The van der Waals surface area contributed by atoms with Gasteiger partial charge in [-0.1, -0.05) is 42.5 Å². The quantitative estimate of drug-likeness (QED) is 0.651. The van der Waals surface area contributed by atoms with Crippen LogP contribution in [0.15, 0.2) is 60.9 Å². The van der Waals surface area contributed by atoms with Gasteiger partial charge in [0, 0.05) is 19.1 Å². The summed E-state index contributed by atoms with van der Waals surface area (Å²) in [5.74, 6) is 0.0708. The van der Waals surface area contributed by atoms with E-state index in [1.165, 1.54) is 0 Å². The fourth-order valence-corrected chi connectivity index (χ4v) is 2.68. The van der Waals surface area contributed by atoms with E-state index in [1.807, 2.05) is 54.6 Å². The van der Waals surface area contributed by atoms with Crippen LogP contribution in [0.5, 0.6) is 0 Å². The number of urea groups is 1. The second-order valence-corrected chi connectivity index (χ2v) is 5.55. The summed E-state index contributed by atoms with van der Waals surface area (Å²) in [6.45, 7) is 0.526. The van der Waals surface area contributed by atoms with Gasteiger partial charge in [0.2, 0.25) is 0 Å². The van der Waals surface area contributed by atoms with Crippen LogP contribution in [0.2, 0.25) is 0 Å². The van der Waals surface area contributed by atoms with Crippen LogP contribution in [-0.2, 0) is 0 Å². The maximum absolute atomic E-state index is 12.2. The maximum atomic E-state index is 12.2. The molecule has 0 saturated carbocycles. The fourth-order valence-electron chi connectivity index (χ4n) is 2.68. The number of rotatable bonds is 6. The van der Waals surface area contributed by atoms with Crippen LogP contribution in [0.25, 0.3) is 11.0 Å². The summed E-state index contributed by atoms with van der Waals surface area (Å²) in [6, 6.07) is 17.1. The normalized spacial score (nSPS) is 12.0. The van der Waals surface area contributed by atoms with Gasteiger partial charge in [0.25, 0.3) is 0 Å². The first-order chi connectivity index (χ1) is 11.8. The molecule has 24 heavy (non-hydrogen) atoms. The lowest BCUT2D eigenvalue weighted by Crippen LogP contribution is -2.36. The zero-order chi connectivity index (χ0) is 16.8. The molecule has 1 heterocycles. The zero-order valence-electron chi connectivity index (χ0n) is 13.2. The molecule has 1 atom stereocenters. The number of nitrogens with one attached hydrogen (secondary N) is 2. The van der Waals surface area contributed by atoms with E-state index in [1.54, 1.807) is 11.0 Å². The monoisotopic (exact) mass is 324 g/mol. The molecule has 124 valence electrons. The fraction of sp³-hybridized carbons (Fsp3) is 0.222. The molecule has 0 aliphatic rings. The highest BCUT2D eigenvalue weighted by Crippen LogP contribution is 2.18. The largest absolute Gasteiger partial charge is 0.396 e. The first kappa shape index (κ1) is 16.0. The predicted molar refractivity (Wildman–Crippen MR) is 93.4 cm³/mol. The Morgan fingerprint density at radius 2 is 1.88 bits per heavy atom. The number of amides is 2. The summed E-state index contributed by atoms with van der Waals surface area (Å²) in [6.07, 6.45) is 2.17. The zero-order valence-corrected chi connectivity index (χ0v) is 13.2. The van der Waals surface area contributed by atoms with Gasteiger partial charge in [0.1, 0.15) is 6.33 Å². The highest BCUT2D eigenvalue weighted by molar-refractivity contribution is 5.85. The lowest BCUT2D eigenvalue weighted by Gasteiger charge is -2.17. The first-order valence-electron chi connectivity index (χ1n) is 7.90. The summed E-state index contributed by atoms with van der Waals surface area (Å²) < 4.78 is 1.59. The maximum Gasteiger partial charge on any atom is 0.333 e. The minimum Gasteiger partial charge on any atom is -0.396 e. The Morgan fingerprint density at radius 1 is 1.12 bits per heavy atom. The van der Waals surface area contributed by atoms with Crippen LogP contribution in [0.1, 0.15) is 17.9 Å². The van der Waals surface area contributed by atoms with E-state index in [0.717, 1.165) is 16.6 Å². The SMILES string of the molecule is O=C(NCC(CCO)c1ccccc1)Nn1cnc2ccccc21. The standard InChI is InChI=1S/C18H20N4O2/c23-11-10-15(14-6-2-1-3-7-14)12-19-18(24)21-22-13-20-16-8-4-5-9-17(16)22/h1-9,13,15,23H,10-12H2,(H2,19,21,24). The molecule has 3 aromatic rings. The van der Waals surface area contributed by atoms with Crippen LogP contribution >= 0.6 is 0 Å². The van der Waals surface area contributed by atoms with Crippen molar-refractivity contribution in [2.45, 2.75) is 12.3 Å². The van der Waals surface area contributed by atoms with Crippen molar-refractivity contribution in [2.75, 3.05) is 18.6 Å². The third-order valence-corrected chi connectivity index (χ3v) is 3.93. The average Bonchev–Trinajstić information content (AvgIpc) is 3.02. The summed E-state index contributed by atoms with van der Waals surface area (Å²) in [7, 11) is 0. The van der Waals surface area contributed by atoms with Gasteiger partial charge in [-0.15, -0.1) is 0 Å². The Kier molecular flexibility index (Phi) is 5.08. The summed E-state index contributed by atoms with van der Waals surface area (Å²) >= 11 is 0. The van der Waals surface area contributed by atoms with E-state index in [-0.39, 0.29) is 18.6 Å². The van der Waals surface area contributed by atoms with Gasteiger partial charge in [0.15, 0.2) is 0 Å². The van der Waals surface area contributed by atoms with Gasteiger partial charge in [0.05, 0.1) is 11.0 Å². The van der Waals surface area contributed by atoms with E-state index in [4.69, 9.17) is 0 Å². The van der Waals surface area contributed by atoms with Crippen molar-refractivity contribution in [3.05, 3.63) is 66.5 Å². The summed E-state index contributed by atoms with van der Waals surface area (Å²) in [4.78, 5) is 16.4. The number of aromatic nitrogens is 2. The van der Waals surface area contributed by atoms with Crippen molar-refractivity contribution in [2.24, 2.45) is 0 Å². The van der Waals surface area contributed by atoms with Crippen molar-refractivity contribution in [1.29, 1.82) is 0 Å². The molecule has 1 unspecified atom stereocenters. The molecule has 0 aliphatic carbocycles. The molecule has 3 rings (SSSR count). The van der Waals surface area contributed by atoms with Crippen LogP contribution in [-0.4, -0.2) is 33.9 Å². The molecule has 6 heteroatoms. The topological polar surface area (TPSA) is 79.2 Å². The third-order valence-electron chi connectivity index (χ3n) is 3.93. The first-order valence-corrected chi connectivity index (χ1v) is 7.90. The number of para-hydroxylation sites is 2. The Bertz CT molecular complexity index is 801. The van der Waals surface area contributed by atoms with E-state index in [2.05, 4.69) is 15.7 Å². The van der Waals surface area contributed by atoms with Crippen LogP contribution < -0.4 is 10.7 Å². The molecule has 1 aromatic heterocycles. The number of hydrogen-bond donors (Lipinski definition) is 3. The lowest BCUT2D eigenvalue weighted by molar-refractivity contribution is 0.245. The molecule has 0 saturated heterocycles. The van der Waals surface area contributed by atoms with Crippen molar-refractivity contribution < 1.29 is 9.90 Å². The Morgan fingerprint density at radius 3 is 2.67 bits per heavy atom. The van der Waals surface area contributed by atoms with E-state index >= 15 is 0 Å². The smallest absolute Gasteiger partial charge is 0.333 e. The lowest BCUT2D eigenvalue weighted by atomic mass is 9.96. The number of imidazole rings is 1. The van der Waals surface area contributed by atoms with E-state index in [0.29, 0.717) is 13.0 Å². The number of hydrogen-bond acceptors (Lipinski definition) is 3. The second-order valence-electron chi connectivity index (χ2n) is 5.55. The van der Waals surface area contributed by atoms with Crippen LogP contribution in [0.4, 0.5) is 4.79 Å². The number of carbonyl (C=O) groups is 1. The Balaban J connectivity index is 1.62. The Labute approximate surface area is 140 Å². The van der Waals surface area contributed by atoms with Crippen LogP contribution in [0, 0.1) is 0 Å². The van der Waals surface area contributed by atoms with Crippen LogP contribution in [0.3, 0.4) is 0 Å². The minimum absolute atomic E-state index is 0.0708. The van der Waals surface area contributed by atoms with E-state index in [9.17, 15) is 9.90 Å². The third kappa shape index (κ3) is 3.72. The molecule has 3 N–H and O–H groups in total. The summed E-state index contributed by atoms with van der Waals surface area (Å²) in [5, 5.41) is 12.1. The number of aliphatic hydroxyl groups is 1. The summed E-state index contributed by atoms with van der Waals surface area (Å²) in [5.41, 5.74) is 5.51. The number of aliphatic hydroxyl groups excluding tert-OH is 1.